The van der Waals surface area contributed by atoms with Gasteiger partial charge in [0.15, 0.2) is 0 Å². The number of rotatable bonds is 11. The van der Waals surface area contributed by atoms with Gasteiger partial charge in [-0.1, -0.05) is 57.4 Å². The highest BCUT2D eigenvalue weighted by molar-refractivity contribution is 5.90. The Morgan fingerprint density at radius 1 is 1.08 bits per heavy atom. The summed E-state index contributed by atoms with van der Waals surface area (Å²) in [6.45, 7) is 11.9. The van der Waals surface area contributed by atoms with Gasteiger partial charge in [0.2, 0.25) is 5.91 Å². The normalized spacial score (nSPS) is 14.2. The number of ether oxygens (including phenoxy) is 2. The van der Waals surface area contributed by atoms with Crippen molar-refractivity contribution in [3.8, 4) is 22.6 Å². The molecule has 2 N–H and O–H groups in total. The maximum Gasteiger partial charge on any atom is 0.334 e. The SMILES string of the molecule is CCCCCc1cc(OC(=O)C(NC(=O)CCC(=O)O)C(C)C)c2c(c1)OC(C)(C)c1ccc(C)cc1-2. The van der Waals surface area contributed by atoms with Gasteiger partial charge in [0.05, 0.1) is 12.0 Å². The first-order chi connectivity index (χ1) is 17.4. The summed E-state index contributed by atoms with van der Waals surface area (Å²) < 4.78 is 12.5. The van der Waals surface area contributed by atoms with E-state index in [0.29, 0.717) is 11.5 Å². The lowest BCUT2D eigenvalue weighted by molar-refractivity contribution is -0.141. The molecule has 7 nitrogen and oxygen atoms in total. The van der Waals surface area contributed by atoms with Crippen molar-refractivity contribution in [1.82, 2.24) is 5.32 Å². The zero-order valence-corrected chi connectivity index (χ0v) is 22.8. The average molecular weight is 510 g/mol. The first-order valence-electron chi connectivity index (χ1n) is 13.1. The molecule has 1 unspecified atom stereocenters. The molecule has 7 heteroatoms. The van der Waals surface area contributed by atoms with E-state index in [1.165, 1.54) is 0 Å². The molecule has 2 aromatic carbocycles. The zero-order valence-electron chi connectivity index (χ0n) is 22.8. The van der Waals surface area contributed by atoms with Gasteiger partial charge in [-0.05, 0) is 62.8 Å². The number of unbranched alkanes of at least 4 members (excludes halogenated alkanes) is 2. The number of esters is 1. The Hall–Kier alpha value is -3.35. The maximum atomic E-state index is 13.4. The lowest BCUT2D eigenvalue weighted by Crippen LogP contribution is -2.46. The summed E-state index contributed by atoms with van der Waals surface area (Å²) in [7, 11) is 0. The molecule has 0 saturated carbocycles. The number of benzene rings is 2. The third-order valence-electron chi connectivity index (χ3n) is 6.67. The monoisotopic (exact) mass is 509 g/mol. The third kappa shape index (κ3) is 6.90. The molecule has 0 radical (unpaired) electrons. The first-order valence-corrected chi connectivity index (χ1v) is 13.1. The van der Waals surface area contributed by atoms with E-state index in [0.717, 1.165) is 53.5 Å². The first kappa shape index (κ1) is 28.2. The number of hydrogen-bond acceptors (Lipinski definition) is 5. The highest BCUT2D eigenvalue weighted by atomic mass is 16.5. The van der Waals surface area contributed by atoms with Gasteiger partial charge in [-0.15, -0.1) is 0 Å². The van der Waals surface area contributed by atoms with Gasteiger partial charge in [0.25, 0.3) is 0 Å². The summed E-state index contributed by atoms with van der Waals surface area (Å²) in [5.74, 6) is -1.34. The van der Waals surface area contributed by atoms with Gasteiger partial charge in [0, 0.05) is 12.0 Å². The number of carbonyl (C=O) groups excluding carboxylic acids is 2. The number of aliphatic carboxylic acids is 1. The van der Waals surface area contributed by atoms with Gasteiger partial charge < -0.3 is 19.9 Å². The average Bonchev–Trinajstić information content (AvgIpc) is 2.80. The van der Waals surface area contributed by atoms with Crippen LogP contribution >= 0.6 is 0 Å². The fourth-order valence-electron chi connectivity index (χ4n) is 4.65. The molecule has 0 aliphatic carbocycles. The number of fused-ring (bicyclic) bond motifs is 3. The van der Waals surface area contributed by atoms with Crippen molar-refractivity contribution in [3.63, 3.8) is 0 Å². The number of hydrogen-bond donors (Lipinski definition) is 2. The number of aryl methyl sites for hydroxylation is 2. The van der Waals surface area contributed by atoms with Crippen LogP contribution in [0.4, 0.5) is 0 Å². The summed E-state index contributed by atoms with van der Waals surface area (Å²) in [6, 6.07) is 9.21. The highest BCUT2D eigenvalue weighted by Gasteiger charge is 2.36. The van der Waals surface area contributed by atoms with E-state index in [-0.39, 0.29) is 18.8 Å². The van der Waals surface area contributed by atoms with Crippen LogP contribution in [0.25, 0.3) is 11.1 Å². The van der Waals surface area contributed by atoms with Crippen molar-refractivity contribution in [2.24, 2.45) is 5.92 Å². The molecule has 1 aliphatic rings. The van der Waals surface area contributed by atoms with Gasteiger partial charge in [-0.3, -0.25) is 9.59 Å². The number of carboxylic acids is 1. The molecule has 1 heterocycles. The summed E-state index contributed by atoms with van der Waals surface area (Å²) in [5.41, 5.74) is 4.24. The van der Waals surface area contributed by atoms with Crippen LogP contribution in [0.2, 0.25) is 0 Å². The fraction of sp³-hybridized carbons (Fsp3) is 0.500. The molecule has 200 valence electrons. The molecular formula is C30H39NO6. The maximum absolute atomic E-state index is 13.4. The number of carbonyl (C=O) groups is 3. The van der Waals surface area contributed by atoms with Gasteiger partial charge in [-0.2, -0.15) is 0 Å². The summed E-state index contributed by atoms with van der Waals surface area (Å²) in [5, 5.41) is 11.5. The Labute approximate surface area is 219 Å². The summed E-state index contributed by atoms with van der Waals surface area (Å²) in [6.07, 6.45) is 3.52. The van der Waals surface area contributed by atoms with Crippen LogP contribution < -0.4 is 14.8 Å². The van der Waals surface area contributed by atoms with Gasteiger partial charge in [0.1, 0.15) is 23.1 Å². The van der Waals surface area contributed by atoms with Crippen LogP contribution in [-0.4, -0.2) is 29.0 Å². The standard InChI is InChI=1S/C30H39NO6/c1-7-8-9-10-20-16-23(36-29(35)28(18(2)3)31-25(32)13-14-26(33)34)27-21-15-19(4)11-12-22(21)30(5,6)37-24(27)17-20/h11-12,15-18,28H,7-10,13-14H2,1-6H3,(H,31,32)(H,33,34). The van der Waals surface area contributed by atoms with Crippen molar-refractivity contribution in [1.29, 1.82) is 0 Å². The van der Waals surface area contributed by atoms with Crippen molar-refractivity contribution in [3.05, 3.63) is 47.0 Å². The molecule has 2 aromatic rings. The predicted octanol–water partition coefficient (Wildman–Crippen LogP) is 5.93. The second-order valence-electron chi connectivity index (χ2n) is 10.7. The van der Waals surface area contributed by atoms with E-state index < -0.39 is 29.5 Å². The molecule has 0 bridgehead atoms. The van der Waals surface area contributed by atoms with E-state index >= 15 is 0 Å². The van der Waals surface area contributed by atoms with Crippen LogP contribution in [0.3, 0.4) is 0 Å². The molecule has 37 heavy (non-hydrogen) atoms. The Kier molecular flexibility index (Phi) is 9.00. The second kappa shape index (κ2) is 11.8. The lowest BCUT2D eigenvalue weighted by Gasteiger charge is -2.36. The largest absolute Gasteiger partial charge is 0.482 e. The van der Waals surface area contributed by atoms with Crippen LogP contribution in [0.5, 0.6) is 11.5 Å². The van der Waals surface area contributed by atoms with Crippen LogP contribution in [0.1, 0.15) is 83.4 Å². The van der Waals surface area contributed by atoms with Crippen LogP contribution in [0.15, 0.2) is 30.3 Å². The molecule has 3 rings (SSSR count). The Morgan fingerprint density at radius 2 is 1.81 bits per heavy atom. The quantitative estimate of drug-likeness (QED) is 0.221. The molecule has 1 amide bonds. The van der Waals surface area contributed by atoms with E-state index in [9.17, 15) is 14.4 Å². The topological polar surface area (TPSA) is 102 Å². The molecule has 0 spiro atoms. The number of carboxylic acid groups (broad SMARTS) is 1. The van der Waals surface area contributed by atoms with Crippen molar-refractivity contribution >= 4 is 17.8 Å². The number of nitrogens with one attached hydrogen (secondary N) is 1. The Bertz CT molecular complexity index is 1170. The second-order valence-corrected chi connectivity index (χ2v) is 10.7. The minimum absolute atomic E-state index is 0.205. The van der Waals surface area contributed by atoms with E-state index in [1.807, 2.05) is 58.9 Å². The minimum Gasteiger partial charge on any atom is -0.482 e. The van der Waals surface area contributed by atoms with Gasteiger partial charge in [-0.25, -0.2) is 4.79 Å². The molecule has 0 fully saturated rings. The Morgan fingerprint density at radius 3 is 2.46 bits per heavy atom. The van der Waals surface area contributed by atoms with Crippen LogP contribution in [-0.2, 0) is 26.4 Å². The van der Waals surface area contributed by atoms with E-state index in [1.54, 1.807) is 0 Å². The summed E-state index contributed by atoms with van der Waals surface area (Å²) >= 11 is 0. The molecule has 1 atom stereocenters. The van der Waals surface area contributed by atoms with Gasteiger partial charge >= 0.3 is 11.9 Å². The predicted molar refractivity (Wildman–Crippen MR) is 143 cm³/mol. The highest BCUT2D eigenvalue weighted by Crippen LogP contribution is 2.50. The smallest absolute Gasteiger partial charge is 0.334 e. The lowest BCUT2D eigenvalue weighted by atomic mass is 9.84. The molecular weight excluding hydrogens is 470 g/mol. The molecule has 0 aromatic heterocycles. The van der Waals surface area contributed by atoms with Crippen molar-refractivity contribution in [2.45, 2.75) is 91.7 Å². The van der Waals surface area contributed by atoms with Crippen molar-refractivity contribution in [2.75, 3.05) is 0 Å². The Balaban J connectivity index is 2.01. The zero-order chi connectivity index (χ0) is 27.3. The van der Waals surface area contributed by atoms with E-state index in [4.69, 9.17) is 14.6 Å². The van der Waals surface area contributed by atoms with Crippen LogP contribution in [0, 0.1) is 12.8 Å². The van der Waals surface area contributed by atoms with Crippen molar-refractivity contribution < 1.29 is 29.0 Å². The third-order valence-corrected chi connectivity index (χ3v) is 6.67. The molecule has 0 saturated heterocycles. The molecule has 1 aliphatic heterocycles. The van der Waals surface area contributed by atoms with E-state index in [2.05, 4.69) is 18.3 Å². The summed E-state index contributed by atoms with van der Waals surface area (Å²) in [4.78, 5) is 36.6. The minimum atomic E-state index is -1.07. The fourth-order valence-corrected chi connectivity index (χ4v) is 4.65. The number of amides is 1.